The van der Waals surface area contributed by atoms with Crippen LogP contribution < -0.4 is 5.32 Å². The van der Waals surface area contributed by atoms with Crippen LogP contribution in [0.25, 0.3) is 5.69 Å². The molecule has 2 heterocycles. The van der Waals surface area contributed by atoms with Gasteiger partial charge in [0.05, 0.1) is 11.4 Å². The van der Waals surface area contributed by atoms with Crippen molar-refractivity contribution in [2.75, 3.05) is 5.32 Å². The van der Waals surface area contributed by atoms with E-state index in [0.717, 1.165) is 36.5 Å². The SMILES string of the molecule is CCc1nnnn1-c1ccccc1NC(=O)CCCc1cccs1. The van der Waals surface area contributed by atoms with Crippen molar-refractivity contribution in [1.29, 1.82) is 0 Å². The quantitative estimate of drug-likeness (QED) is 0.716. The van der Waals surface area contributed by atoms with Crippen LogP contribution in [0.3, 0.4) is 0 Å². The van der Waals surface area contributed by atoms with Gasteiger partial charge in [0.2, 0.25) is 5.91 Å². The van der Waals surface area contributed by atoms with E-state index in [2.05, 4.69) is 32.3 Å². The molecule has 0 aliphatic rings. The van der Waals surface area contributed by atoms with E-state index in [-0.39, 0.29) is 5.91 Å². The number of nitrogens with one attached hydrogen (secondary N) is 1. The molecule has 0 spiro atoms. The number of thiophene rings is 1. The van der Waals surface area contributed by atoms with E-state index in [4.69, 9.17) is 0 Å². The molecule has 7 heteroatoms. The predicted octanol–water partition coefficient (Wildman–Crippen LogP) is 3.25. The molecule has 1 aromatic carbocycles. The number of nitrogens with zero attached hydrogens (tertiary/aromatic N) is 4. The van der Waals surface area contributed by atoms with Crippen LogP contribution >= 0.6 is 11.3 Å². The van der Waals surface area contributed by atoms with Gasteiger partial charge < -0.3 is 5.32 Å². The summed E-state index contributed by atoms with van der Waals surface area (Å²) in [5.74, 6) is 0.763. The first-order valence-electron chi connectivity index (χ1n) is 7.97. The molecular weight excluding hydrogens is 322 g/mol. The smallest absolute Gasteiger partial charge is 0.224 e. The fraction of sp³-hybridized carbons (Fsp3) is 0.294. The van der Waals surface area contributed by atoms with Crippen molar-refractivity contribution in [3.8, 4) is 5.69 Å². The van der Waals surface area contributed by atoms with E-state index in [0.29, 0.717) is 6.42 Å². The molecular formula is C17H19N5OS. The summed E-state index contributed by atoms with van der Waals surface area (Å²) < 4.78 is 1.67. The van der Waals surface area contributed by atoms with Crippen LogP contribution in [0.15, 0.2) is 41.8 Å². The number of hydrogen-bond donors (Lipinski definition) is 1. The van der Waals surface area contributed by atoms with Crippen molar-refractivity contribution in [3.05, 3.63) is 52.5 Å². The average molecular weight is 341 g/mol. The molecule has 1 amide bonds. The normalized spacial score (nSPS) is 10.7. The lowest BCUT2D eigenvalue weighted by Crippen LogP contribution is -2.14. The Labute approximate surface area is 144 Å². The van der Waals surface area contributed by atoms with Crippen molar-refractivity contribution >= 4 is 22.9 Å². The van der Waals surface area contributed by atoms with E-state index < -0.39 is 0 Å². The van der Waals surface area contributed by atoms with Gasteiger partial charge in [0.15, 0.2) is 5.82 Å². The lowest BCUT2D eigenvalue weighted by atomic mass is 10.2. The van der Waals surface area contributed by atoms with Crippen LogP contribution in [-0.4, -0.2) is 26.1 Å². The summed E-state index contributed by atoms with van der Waals surface area (Å²) >= 11 is 1.73. The number of hydrogen-bond acceptors (Lipinski definition) is 5. The molecule has 1 N–H and O–H groups in total. The average Bonchev–Trinajstić information content (AvgIpc) is 3.26. The zero-order chi connectivity index (χ0) is 16.8. The summed E-state index contributed by atoms with van der Waals surface area (Å²) in [6.07, 6.45) is 2.97. The third-order valence-corrected chi connectivity index (χ3v) is 4.60. The number of rotatable bonds is 7. The van der Waals surface area contributed by atoms with Crippen LogP contribution in [0.5, 0.6) is 0 Å². The summed E-state index contributed by atoms with van der Waals surface area (Å²) in [7, 11) is 0. The minimum atomic E-state index is 0.00475. The van der Waals surface area contributed by atoms with Gasteiger partial charge in [-0.1, -0.05) is 25.1 Å². The van der Waals surface area contributed by atoms with Crippen molar-refractivity contribution in [1.82, 2.24) is 20.2 Å². The maximum atomic E-state index is 12.2. The number of benzene rings is 1. The highest BCUT2D eigenvalue weighted by Gasteiger charge is 2.12. The Kier molecular flexibility index (Phi) is 5.32. The minimum Gasteiger partial charge on any atom is -0.324 e. The molecule has 3 rings (SSSR count). The number of anilines is 1. The second kappa shape index (κ2) is 7.83. The Morgan fingerprint density at radius 2 is 2.12 bits per heavy atom. The molecule has 0 fully saturated rings. The van der Waals surface area contributed by atoms with E-state index >= 15 is 0 Å². The monoisotopic (exact) mass is 341 g/mol. The lowest BCUT2D eigenvalue weighted by molar-refractivity contribution is -0.116. The fourth-order valence-corrected chi connectivity index (χ4v) is 3.22. The van der Waals surface area contributed by atoms with Crippen molar-refractivity contribution in [3.63, 3.8) is 0 Å². The minimum absolute atomic E-state index is 0.00475. The maximum Gasteiger partial charge on any atom is 0.224 e. The van der Waals surface area contributed by atoms with Gasteiger partial charge in [-0.25, -0.2) is 0 Å². The molecule has 0 saturated heterocycles. The van der Waals surface area contributed by atoms with Crippen LogP contribution in [-0.2, 0) is 17.6 Å². The largest absolute Gasteiger partial charge is 0.324 e. The molecule has 0 aliphatic heterocycles. The first-order valence-corrected chi connectivity index (χ1v) is 8.84. The van der Waals surface area contributed by atoms with Gasteiger partial charge in [-0.3, -0.25) is 4.79 Å². The van der Waals surface area contributed by atoms with Gasteiger partial charge in [0.1, 0.15) is 0 Å². The van der Waals surface area contributed by atoms with Gasteiger partial charge in [-0.2, -0.15) is 4.68 Å². The summed E-state index contributed by atoms with van der Waals surface area (Å²) in [6, 6.07) is 11.7. The third kappa shape index (κ3) is 3.86. The summed E-state index contributed by atoms with van der Waals surface area (Å²) in [5, 5.41) is 16.8. The van der Waals surface area contributed by atoms with Crippen molar-refractivity contribution < 1.29 is 4.79 Å². The number of carbonyl (C=O) groups excluding carboxylic acids is 1. The molecule has 0 aliphatic carbocycles. The fourth-order valence-electron chi connectivity index (χ4n) is 2.47. The predicted molar refractivity (Wildman–Crippen MR) is 94.4 cm³/mol. The Bertz CT molecular complexity index is 797. The maximum absolute atomic E-state index is 12.2. The summed E-state index contributed by atoms with van der Waals surface area (Å²) in [6.45, 7) is 1.99. The van der Waals surface area contributed by atoms with E-state index in [1.54, 1.807) is 16.0 Å². The topological polar surface area (TPSA) is 72.7 Å². The summed E-state index contributed by atoms with van der Waals surface area (Å²) in [5.41, 5.74) is 1.51. The highest BCUT2D eigenvalue weighted by atomic mass is 32.1. The number of aromatic nitrogens is 4. The Morgan fingerprint density at radius 1 is 1.25 bits per heavy atom. The van der Waals surface area contributed by atoms with E-state index in [1.807, 2.05) is 37.3 Å². The molecule has 3 aromatic rings. The van der Waals surface area contributed by atoms with Crippen LogP contribution in [0.4, 0.5) is 5.69 Å². The first-order chi connectivity index (χ1) is 11.8. The van der Waals surface area contributed by atoms with Crippen LogP contribution in [0.1, 0.15) is 30.5 Å². The van der Waals surface area contributed by atoms with Gasteiger partial charge in [0.25, 0.3) is 0 Å². The standard InChI is InChI=1S/C17H19N5OS/c1-2-16-19-20-21-22(16)15-10-4-3-9-14(15)18-17(23)11-5-7-13-8-6-12-24-13/h3-4,6,8-10,12H,2,5,7,11H2,1H3,(H,18,23). The van der Waals surface area contributed by atoms with Gasteiger partial charge >= 0.3 is 0 Å². The molecule has 124 valence electrons. The number of tetrazole rings is 1. The third-order valence-electron chi connectivity index (χ3n) is 3.66. The Hall–Kier alpha value is -2.54. The molecule has 2 aromatic heterocycles. The second-order valence-corrected chi connectivity index (χ2v) is 6.39. The van der Waals surface area contributed by atoms with E-state index in [1.165, 1.54) is 4.88 Å². The zero-order valence-corrected chi connectivity index (χ0v) is 14.3. The molecule has 0 radical (unpaired) electrons. The molecule has 0 bridgehead atoms. The molecule has 6 nitrogen and oxygen atoms in total. The first kappa shape index (κ1) is 16.3. The van der Waals surface area contributed by atoms with Crippen molar-refractivity contribution in [2.45, 2.75) is 32.6 Å². The van der Waals surface area contributed by atoms with Gasteiger partial charge in [0, 0.05) is 17.7 Å². The molecule has 24 heavy (non-hydrogen) atoms. The number of carbonyl (C=O) groups is 1. The highest BCUT2D eigenvalue weighted by Crippen LogP contribution is 2.20. The highest BCUT2D eigenvalue weighted by molar-refractivity contribution is 7.09. The number of amides is 1. The number of aryl methyl sites for hydroxylation is 2. The molecule has 0 saturated carbocycles. The van der Waals surface area contributed by atoms with Crippen molar-refractivity contribution in [2.24, 2.45) is 0 Å². The number of para-hydroxylation sites is 2. The zero-order valence-electron chi connectivity index (χ0n) is 13.5. The van der Waals surface area contributed by atoms with E-state index in [9.17, 15) is 4.79 Å². The Balaban J connectivity index is 1.65. The van der Waals surface area contributed by atoms with Crippen LogP contribution in [0.2, 0.25) is 0 Å². The lowest BCUT2D eigenvalue weighted by Gasteiger charge is -2.11. The molecule has 0 unspecified atom stereocenters. The molecule has 0 atom stereocenters. The Morgan fingerprint density at radius 3 is 2.92 bits per heavy atom. The van der Waals surface area contributed by atoms with Gasteiger partial charge in [-0.05, 0) is 46.8 Å². The summed E-state index contributed by atoms with van der Waals surface area (Å²) in [4.78, 5) is 13.6. The second-order valence-electron chi connectivity index (χ2n) is 5.36. The van der Waals surface area contributed by atoms with Crippen LogP contribution in [0, 0.1) is 0 Å². The van der Waals surface area contributed by atoms with Gasteiger partial charge in [-0.15, -0.1) is 16.4 Å².